The van der Waals surface area contributed by atoms with Gasteiger partial charge in [0.25, 0.3) is 0 Å². The van der Waals surface area contributed by atoms with Crippen LogP contribution in [0, 0.1) is 5.92 Å². The van der Waals surface area contributed by atoms with Gasteiger partial charge in [-0.15, -0.1) is 0 Å². The highest BCUT2D eigenvalue weighted by Crippen LogP contribution is 2.18. The largest absolute Gasteiger partial charge is 0.342 e. The minimum Gasteiger partial charge on any atom is -0.342 e. The van der Waals surface area contributed by atoms with E-state index in [1.807, 2.05) is 0 Å². The van der Waals surface area contributed by atoms with E-state index in [-0.39, 0.29) is 0 Å². The van der Waals surface area contributed by atoms with Crippen molar-refractivity contribution in [3.8, 4) is 0 Å². The normalized spacial score (nSPS) is 22.2. The molecule has 1 rings (SSSR count). The third kappa shape index (κ3) is 3.70. The van der Waals surface area contributed by atoms with Crippen molar-refractivity contribution in [1.29, 1.82) is 0 Å². The van der Waals surface area contributed by atoms with Crippen LogP contribution in [0.1, 0.15) is 39.5 Å². The summed E-state index contributed by atoms with van der Waals surface area (Å²) in [7, 11) is 0. The molecule has 1 heterocycles. The molecule has 0 aromatic rings. The second-order valence-electron chi connectivity index (χ2n) is 4.21. The van der Waals surface area contributed by atoms with Crippen LogP contribution in [0.25, 0.3) is 0 Å². The zero-order chi connectivity index (χ0) is 11.1. The fourth-order valence-corrected chi connectivity index (χ4v) is 1.94. The lowest BCUT2D eigenvalue weighted by Gasteiger charge is -2.19. The second-order valence-corrected chi connectivity index (χ2v) is 4.21. The molecule has 1 unspecified atom stereocenters. The first-order valence-electron chi connectivity index (χ1n) is 6.07. The predicted molar refractivity (Wildman–Crippen MR) is 64.5 cm³/mol. The molecular weight excluding hydrogens is 188 g/mol. The van der Waals surface area contributed by atoms with Gasteiger partial charge in [-0.3, -0.25) is 10.4 Å². The first-order valence-corrected chi connectivity index (χ1v) is 6.07. The molecule has 3 N–H and O–H groups in total. The smallest absolute Gasteiger partial charge is 0.208 e. The third-order valence-electron chi connectivity index (χ3n) is 3.07. The van der Waals surface area contributed by atoms with Gasteiger partial charge >= 0.3 is 0 Å². The molecule has 1 atom stereocenters. The summed E-state index contributed by atoms with van der Waals surface area (Å²) in [4.78, 5) is 6.76. The van der Waals surface area contributed by atoms with Crippen LogP contribution in [0.15, 0.2) is 4.99 Å². The minimum absolute atomic E-state index is 0.815. The molecule has 15 heavy (non-hydrogen) atoms. The lowest BCUT2D eigenvalue weighted by atomic mass is 10.1. The van der Waals surface area contributed by atoms with E-state index in [0.717, 1.165) is 37.9 Å². The van der Waals surface area contributed by atoms with E-state index in [4.69, 9.17) is 5.84 Å². The van der Waals surface area contributed by atoms with Gasteiger partial charge in [0.2, 0.25) is 5.96 Å². The van der Waals surface area contributed by atoms with Crippen molar-refractivity contribution in [3.05, 3.63) is 0 Å². The minimum atomic E-state index is 0.815. The predicted octanol–water partition coefficient (Wildman–Crippen LogP) is 1.34. The van der Waals surface area contributed by atoms with Gasteiger partial charge in [0.15, 0.2) is 0 Å². The molecule has 4 nitrogen and oxygen atoms in total. The van der Waals surface area contributed by atoms with E-state index < -0.39 is 0 Å². The van der Waals surface area contributed by atoms with Crippen LogP contribution >= 0.6 is 0 Å². The molecule has 1 aliphatic rings. The van der Waals surface area contributed by atoms with Gasteiger partial charge in [0, 0.05) is 19.6 Å². The Morgan fingerprint density at radius 3 is 2.87 bits per heavy atom. The number of nitrogens with two attached hydrogens (primary N) is 1. The first-order chi connectivity index (χ1) is 7.31. The number of hydrazine groups is 1. The number of guanidine groups is 1. The van der Waals surface area contributed by atoms with E-state index in [0.29, 0.717) is 0 Å². The number of nitrogens with one attached hydrogen (secondary N) is 1. The number of unbranched alkanes of at least 4 members (excludes halogenated alkanes) is 1. The number of aliphatic imine (C=N–C) groups is 1. The van der Waals surface area contributed by atoms with Crippen LogP contribution in [0.4, 0.5) is 0 Å². The molecule has 1 fully saturated rings. The van der Waals surface area contributed by atoms with Gasteiger partial charge in [-0.1, -0.05) is 26.7 Å². The highest BCUT2D eigenvalue weighted by atomic mass is 15.4. The molecule has 4 heteroatoms. The Bertz CT molecular complexity index is 203. The zero-order valence-electron chi connectivity index (χ0n) is 10.00. The Balaban J connectivity index is 2.41. The summed E-state index contributed by atoms with van der Waals surface area (Å²) >= 11 is 0. The Morgan fingerprint density at radius 2 is 2.33 bits per heavy atom. The van der Waals surface area contributed by atoms with Crippen LogP contribution in [0.2, 0.25) is 0 Å². The van der Waals surface area contributed by atoms with Crippen molar-refractivity contribution < 1.29 is 0 Å². The van der Waals surface area contributed by atoms with Crippen molar-refractivity contribution in [3.63, 3.8) is 0 Å². The van der Waals surface area contributed by atoms with Gasteiger partial charge in [-0.2, -0.15) is 0 Å². The monoisotopic (exact) mass is 212 g/mol. The molecule has 0 saturated carbocycles. The number of likely N-dealkylation sites (tertiary alicyclic amines) is 1. The number of rotatable bonds is 4. The van der Waals surface area contributed by atoms with E-state index in [1.54, 1.807) is 0 Å². The molecule has 1 aliphatic heterocycles. The summed E-state index contributed by atoms with van der Waals surface area (Å²) in [6.45, 7) is 7.49. The molecule has 0 aliphatic carbocycles. The average Bonchev–Trinajstić information content (AvgIpc) is 2.73. The van der Waals surface area contributed by atoms with Crippen LogP contribution in [-0.2, 0) is 0 Å². The fraction of sp³-hybridized carbons (Fsp3) is 0.909. The summed E-state index contributed by atoms with van der Waals surface area (Å²) < 4.78 is 0. The Kier molecular flexibility index (Phi) is 5.47. The summed E-state index contributed by atoms with van der Waals surface area (Å²) in [5, 5.41) is 0. The summed E-state index contributed by atoms with van der Waals surface area (Å²) in [6.07, 6.45) is 4.84. The standard InChI is InChI=1S/C11H24N4/c1-3-5-7-13-11(14-12)15-8-6-10(4-2)9-15/h10H,3-9,12H2,1-2H3,(H,13,14). The fourth-order valence-electron chi connectivity index (χ4n) is 1.94. The maximum absolute atomic E-state index is 5.50. The highest BCUT2D eigenvalue weighted by Gasteiger charge is 2.22. The van der Waals surface area contributed by atoms with Crippen LogP contribution in [-0.4, -0.2) is 30.5 Å². The van der Waals surface area contributed by atoms with Crippen molar-refractivity contribution in [2.75, 3.05) is 19.6 Å². The number of hydrogen-bond donors (Lipinski definition) is 2. The van der Waals surface area contributed by atoms with E-state index in [1.165, 1.54) is 19.3 Å². The first kappa shape index (κ1) is 12.3. The van der Waals surface area contributed by atoms with Gasteiger partial charge in [0.1, 0.15) is 0 Å². The van der Waals surface area contributed by atoms with Crippen LogP contribution in [0.5, 0.6) is 0 Å². The zero-order valence-corrected chi connectivity index (χ0v) is 10.00. The number of nitrogens with zero attached hydrogens (tertiary/aromatic N) is 2. The molecule has 0 spiro atoms. The highest BCUT2D eigenvalue weighted by molar-refractivity contribution is 5.79. The van der Waals surface area contributed by atoms with Crippen molar-refractivity contribution in [2.45, 2.75) is 39.5 Å². The third-order valence-corrected chi connectivity index (χ3v) is 3.07. The SMILES string of the molecule is CCCCN=C(NN)N1CCC(CC)C1. The Morgan fingerprint density at radius 1 is 1.53 bits per heavy atom. The van der Waals surface area contributed by atoms with Gasteiger partial charge in [-0.05, 0) is 18.8 Å². The maximum atomic E-state index is 5.50. The molecule has 0 bridgehead atoms. The van der Waals surface area contributed by atoms with Gasteiger partial charge in [-0.25, -0.2) is 5.84 Å². The van der Waals surface area contributed by atoms with E-state index in [9.17, 15) is 0 Å². The molecule has 0 aromatic carbocycles. The molecule has 0 aromatic heterocycles. The average molecular weight is 212 g/mol. The summed E-state index contributed by atoms with van der Waals surface area (Å²) in [6, 6.07) is 0. The van der Waals surface area contributed by atoms with Gasteiger partial charge < -0.3 is 4.90 Å². The van der Waals surface area contributed by atoms with E-state index in [2.05, 4.69) is 29.2 Å². The lowest BCUT2D eigenvalue weighted by molar-refractivity contribution is 0.455. The lowest BCUT2D eigenvalue weighted by Crippen LogP contribution is -2.43. The summed E-state index contributed by atoms with van der Waals surface area (Å²) in [5.41, 5.74) is 2.72. The quantitative estimate of drug-likeness (QED) is 0.243. The molecule has 1 saturated heterocycles. The van der Waals surface area contributed by atoms with Crippen LogP contribution in [0.3, 0.4) is 0 Å². The van der Waals surface area contributed by atoms with Crippen molar-refractivity contribution in [1.82, 2.24) is 10.3 Å². The topological polar surface area (TPSA) is 53.6 Å². The molecule has 0 amide bonds. The maximum Gasteiger partial charge on any atom is 0.208 e. The Hall–Kier alpha value is -0.770. The number of hydrogen-bond acceptors (Lipinski definition) is 2. The van der Waals surface area contributed by atoms with Crippen molar-refractivity contribution in [2.24, 2.45) is 16.8 Å². The Labute approximate surface area is 92.9 Å². The van der Waals surface area contributed by atoms with Crippen molar-refractivity contribution >= 4 is 5.96 Å². The second kappa shape index (κ2) is 6.67. The van der Waals surface area contributed by atoms with Gasteiger partial charge in [0.05, 0.1) is 0 Å². The summed E-state index contributed by atoms with van der Waals surface area (Å²) in [5.74, 6) is 7.19. The molecule has 0 radical (unpaired) electrons. The molecule has 88 valence electrons. The van der Waals surface area contributed by atoms with Crippen LogP contribution < -0.4 is 11.3 Å². The molecular formula is C11H24N4. The van der Waals surface area contributed by atoms with E-state index >= 15 is 0 Å².